The first-order valence-electron chi connectivity index (χ1n) is 2.70. The molecule has 0 aliphatic rings. The minimum absolute atomic E-state index is 0.0594. The maximum atomic E-state index is 12.0. The highest BCUT2D eigenvalue weighted by atomic mass is 19.4. The summed E-state index contributed by atoms with van der Waals surface area (Å²) in [6.45, 7) is 3.02. The largest absolute Gasteiger partial charge is 0.409 e. The summed E-state index contributed by atoms with van der Waals surface area (Å²) in [7, 11) is 0. The van der Waals surface area contributed by atoms with Crippen molar-refractivity contribution in [3.05, 3.63) is 36.7 Å². The van der Waals surface area contributed by atoms with E-state index in [0.29, 0.717) is 12.2 Å². The first-order valence-corrected chi connectivity index (χ1v) is 2.70. The average molecular weight is 166 g/mol. The maximum absolute atomic E-state index is 12.0. The van der Waals surface area contributed by atoms with Crippen LogP contribution in [-0.4, -0.2) is 6.18 Å². The molecule has 0 rings (SSSR count). The van der Waals surface area contributed by atoms with E-state index in [1.54, 1.807) is 0 Å². The Balaban J connectivity index is 4.06. The Morgan fingerprint density at radius 3 is 2.18 bits per heavy atom. The molecule has 11 heavy (non-hydrogen) atoms. The van der Waals surface area contributed by atoms with Gasteiger partial charge in [-0.15, -0.1) is 0 Å². The van der Waals surface area contributed by atoms with Gasteiger partial charge in [-0.1, -0.05) is 12.7 Å². The van der Waals surface area contributed by atoms with Crippen molar-refractivity contribution >= 4 is 0 Å². The third-order valence-corrected chi connectivity index (χ3v) is 0.736. The van der Waals surface area contributed by atoms with E-state index in [4.69, 9.17) is 0 Å². The summed E-state index contributed by atoms with van der Waals surface area (Å²) in [4.78, 5) is 0. The number of allylic oxidation sites excluding steroid dienone is 5. The van der Waals surface area contributed by atoms with Crippen LogP contribution < -0.4 is 0 Å². The van der Waals surface area contributed by atoms with Crippen LogP contribution in [0, 0.1) is 0 Å². The molecule has 0 amide bonds. The summed E-state index contributed by atoms with van der Waals surface area (Å²) < 4.78 is 46.1. The lowest BCUT2D eigenvalue weighted by Crippen LogP contribution is -1.99. The van der Waals surface area contributed by atoms with Crippen LogP contribution >= 0.6 is 0 Å². The summed E-state index contributed by atoms with van der Waals surface area (Å²) in [5, 5.41) is 0. The highest BCUT2D eigenvalue weighted by Gasteiger charge is 2.21. The van der Waals surface area contributed by atoms with Crippen LogP contribution in [0.1, 0.15) is 0 Å². The normalized spacial score (nSPS) is 14.0. The van der Waals surface area contributed by atoms with Gasteiger partial charge < -0.3 is 0 Å². The predicted molar refractivity (Wildman–Crippen MR) is 34.6 cm³/mol. The van der Waals surface area contributed by atoms with Crippen molar-refractivity contribution in [1.29, 1.82) is 0 Å². The Morgan fingerprint density at radius 2 is 1.82 bits per heavy atom. The molecule has 0 bridgehead atoms. The van der Waals surface area contributed by atoms with Gasteiger partial charge in [-0.3, -0.25) is 0 Å². The lowest BCUT2D eigenvalue weighted by atomic mass is 10.4. The molecule has 4 heteroatoms. The summed E-state index contributed by atoms with van der Waals surface area (Å²) in [6.07, 6.45) is -2.37. The van der Waals surface area contributed by atoms with Crippen LogP contribution in [0.4, 0.5) is 17.6 Å². The molecule has 0 nitrogen and oxygen atoms in total. The van der Waals surface area contributed by atoms with E-state index in [1.807, 2.05) is 0 Å². The first kappa shape index (κ1) is 9.94. The number of hydrogen-bond donors (Lipinski definition) is 0. The fourth-order valence-corrected chi connectivity index (χ4v) is 0.317. The number of alkyl halides is 3. The smallest absolute Gasteiger partial charge is 0.207 e. The van der Waals surface area contributed by atoms with Crippen molar-refractivity contribution in [3.63, 3.8) is 0 Å². The second-order valence-electron chi connectivity index (χ2n) is 1.66. The van der Waals surface area contributed by atoms with E-state index in [2.05, 4.69) is 6.58 Å². The molecular weight excluding hydrogens is 160 g/mol. The van der Waals surface area contributed by atoms with Crippen LogP contribution in [-0.2, 0) is 0 Å². The van der Waals surface area contributed by atoms with E-state index < -0.39 is 12.0 Å². The molecule has 0 atom stereocenters. The molecule has 62 valence electrons. The van der Waals surface area contributed by atoms with Crippen LogP contribution in [0.3, 0.4) is 0 Å². The Bertz CT molecular complexity index is 185. The second kappa shape index (κ2) is 3.95. The van der Waals surface area contributed by atoms with Crippen LogP contribution in [0.25, 0.3) is 0 Å². The van der Waals surface area contributed by atoms with Gasteiger partial charge in [-0.2, -0.15) is 13.2 Å². The third-order valence-electron chi connectivity index (χ3n) is 0.736. The van der Waals surface area contributed by atoms with E-state index in [1.165, 1.54) is 0 Å². The molecule has 0 saturated carbocycles. The van der Waals surface area contributed by atoms with E-state index >= 15 is 0 Å². The van der Waals surface area contributed by atoms with E-state index in [9.17, 15) is 17.6 Å². The molecule has 0 unspecified atom stereocenters. The van der Waals surface area contributed by atoms with Crippen LogP contribution in [0.15, 0.2) is 36.7 Å². The number of hydrogen-bond acceptors (Lipinski definition) is 0. The van der Waals surface area contributed by atoms with Crippen molar-refractivity contribution in [1.82, 2.24) is 0 Å². The second-order valence-corrected chi connectivity index (χ2v) is 1.66. The lowest BCUT2D eigenvalue weighted by Gasteiger charge is -1.94. The zero-order valence-electron chi connectivity index (χ0n) is 5.53. The molecule has 0 aliphatic heterocycles. The fraction of sp³-hybridized carbons (Fsp3) is 0.143. The molecule has 0 aromatic heterocycles. The Labute approximate surface area is 61.5 Å². The molecule has 0 fully saturated rings. The first-order chi connectivity index (χ1) is 4.95. The lowest BCUT2D eigenvalue weighted by molar-refractivity contribution is -0.0798. The van der Waals surface area contributed by atoms with E-state index in [0.717, 1.165) is 6.08 Å². The van der Waals surface area contributed by atoms with Gasteiger partial charge in [0.1, 0.15) is 5.83 Å². The minimum Gasteiger partial charge on any atom is -0.207 e. The van der Waals surface area contributed by atoms with Gasteiger partial charge in [0.15, 0.2) is 0 Å². The van der Waals surface area contributed by atoms with Crippen LogP contribution in [0.2, 0.25) is 0 Å². The van der Waals surface area contributed by atoms with Crippen molar-refractivity contribution in [2.75, 3.05) is 0 Å². The zero-order chi connectivity index (χ0) is 8.91. The van der Waals surface area contributed by atoms with Gasteiger partial charge in [-0.05, 0) is 12.2 Å². The highest BCUT2D eigenvalue weighted by Crippen LogP contribution is 2.16. The predicted octanol–water partition coefficient (Wildman–Crippen LogP) is 3.14. The van der Waals surface area contributed by atoms with Gasteiger partial charge >= 0.3 is 6.18 Å². The quantitative estimate of drug-likeness (QED) is 0.436. The van der Waals surface area contributed by atoms with Crippen molar-refractivity contribution in [2.24, 2.45) is 0 Å². The fourth-order valence-electron chi connectivity index (χ4n) is 0.317. The molecule has 0 saturated heterocycles. The summed E-state index contributed by atoms with van der Waals surface area (Å²) in [5.41, 5.74) is 0. The summed E-state index contributed by atoms with van der Waals surface area (Å²) >= 11 is 0. The zero-order valence-corrected chi connectivity index (χ0v) is 5.53. The van der Waals surface area contributed by atoms with Crippen molar-refractivity contribution < 1.29 is 17.6 Å². The molecule has 0 aromatic carbocycles. The Kier molecular flexibility index (Phi) is 3.57. The average Bonchev–Trinajstić information content (AvgIpc) is 1.85. The summed E-state index contributed by atoms with van der Waals surface area (Å²) in [5.74, 6) is -0.800. The number of rotatable bonds is 2. The third kappa shape index (κ3) is 6.83. The van der Waals surface area contributed by atoms with Gasteiger partial charge in [0, 0.05) is 6.08 Å². The van der Waals surface area contributed by atoms with Gasteiger partial charge in [0.25, 0.3) is 0 Å². The maximum Gasteiger partial charge on any atom is 0.409 e. The van der Waals surface area contributed by atoms with Crippen LogP contribution in [0.5, 0.6) is 0 Å². The summed E-state index contributed by atoms with van der Waals surface area (Å²) in [6, 6.07) is 0. The highest BCUT2D eigenvalue weighted by molar-refractivity contribution is 5.16. The Hall–Kier alpha value is -1.06. The molecule has 0 aromatic rings. The minimum atomic E-state index is -4.39. The van der Waals surface area contributed by atoms with Crippen molar-refractivity contribution in [3.8, 4) is 0 Å². The SMILES string of the molecule is C=C/C(F)=C\C=C\C(F)(F)F. The van der Waals surface area contributed by atoms with E-state index in [-0.39, 0.29) is 6.08 Å². The van der Waals surface area contributed by atoms with Gasteiger partial charge in [-0.25, -0.2) is 4.39 Å². The number of halogens is 4. The molecule has 0 spiro atoms. The molecular formula is C7H6F4. The topological polar surface area (TPSA) is 0 Å². The molecule has 0 N–H and O–H groups in total. The van der Waals surface area contributed by atoms with Gasteiger partial charge in [0.05, 0.1) is 0 Å². The molecule has 0 radical (unpaired) electrons. The monoisotopic (exact) mass is 166 g/mol. The Morgan fingerprint density at radius 1 is 1.27 bits per heavy atom. The molecule has 0 aliphatic carbocycles. The van der Waals surface area contributed by atoms with Gasteiger partial charge in [0.2, 0.25) is 0 Å². The van der Waals surface area contributed by atoms with Crippen molar-refractivity contribution in [2.45, 2.75) is 6.18 Å². The standard InChI is InChI=1S/C7H6F4/c1-2-6(8)4-3-5-7(9,10)11/h2-5H,1H2/b5-3+,6-4+. The molecule has 0 heterocycles.